The first kappa shape index (κ1) is 13.2. The number of rotatable bonds is 6. The largest absolute Gasteiger partial charge is 0.396 e. The van der Waals surface area contributed by atoms with Crippen molar-refractivity contribution < 1.29 is 10.2 Å². The van der Waals surface area contributed by atoms with E-state index < -0.39 is 5.60 Å². The zero-order valence-electron chi connectivity index (χ0n) is 10.2. The van der Waals surface area contributed by atoms with E-state index in [1.54, 1.807) is 6.92 Å². The lowest BCUT2D eigenvalue weighted by atomic mass is 9.90. The van der Waals surface area contributed by atoms with Crippen LogP contribution in [0.4, 0.5) is 0 Å². The van der Waals surface area contributed by atoms with Gasteiger partial charge in [-0.2, -0.15) is 0 Å². The van der Waals surface area contributed by atoms with Crippen LogP contribution in [0.15, 0.2) is 24.3 Å². The second kappa shape index (κ2) is 6.02. The van der Waals surface area contributed by atoms with Gasteiger partial charge < -0.3 is 10.2 Å². The molecule has 0 spiro atoms. The Kier molecular flexibility index (Phi) is 4.97. The molecule has 2 N–H and O–H groups in total. The van der Waals surface area contributed by atoms with Crippen LogP contribution in [-0.2, 0) is 12.0 Å². The molecule has 2 heteroatoms. The number of hydrogen-bond donors (Lipinski definition) is 2. The first-order valence-electron chi connectivity index (χ1n) is 6.03. The smallest absolute Gasteiger partial charge is 0.0869 e. The van der Waals surface area contributed by atoms with Gasteiger partial charge in [0.25, 0.3) is 0 Å². The van der Waals surface area contributed by atoms with Crippen LogP contribution in [0.5, 0.6) is 0 Å². The fourth-order valence-electron chi connectivity index (χ4n) is 1.89. The van der Waals surface area contributed by atoms with Crippen molar-refractivity contribution in [3.8, 4) is 0 Å². The summed E-state index contributed by atoms with van der Waals surface area (Å²) in [6.07, 6.45) is 3.44. The summed E-state index contributed by atoms with van der Waals surface area (Å²) in [6.45, 7) is 4.09. The SMILES string of the molecule is CCCc1ccc(C(C)(O)CCCO)cc1. The van der Waals surface area contributed by atoms with Crippen LogP contribution in [0.2, 0.25) is 0 Å². The lowest BCUT2D eigenvalue weighted by molar-refractivity contribution is 0.0403. The maximum absolute atomic E-state index is 10.2. The summed E-state index contributed by atoms with van der Waals surface area (Å²) in [7, 11) is 0. The molecule has 1 unspecified atom stereocenters. The molecule has 0 radical (unpaired) electrons. The van der Waals surface area contributed by atoms with Crippen molar-refractivity contribution in [1.29, 1.82) is 0 Å². The number of aliphatic hydroxyl groups excluding tert-OH is 1. The Labute approximate surface area is 97.9 Å². The Morgan fingerprint density at radius 1 is 1.19 bits per heavy atom. The summed E-state index contributed by atoms with van der Waals surface area (Å²) in [6, 6.07) is 8.13. The van der Waals surface area contributed by atoms with E-state index in [1.165, 1.54) is 5.56 Å². The average molecular weight is 222 g/mol. The lowest BCUT2D eigenvalue weighted by Crippen LogP contribution is -2.21. The molecule has 0 aliphatic heterocycles. The van der Waals surface area contributed by atoms with Gasteiger partial charge in [0, 0.05) is 6.61 Å². The van der Waals surface area contributed by atoms with Crippen molar-refractivity contribution in [2.45, 2.75) is 45.1 Å². The van der Waals surface area contributed by atoms with E-state index in [2.05, 4.69) is 19.1 Å². The van der Waals surface area contributed by atoms with Gasteiger partial charge in [0.05, 0.1) is 5.60 Å². The van der Waals surface area contributed by atoms with Gasteiger partial charge >= 0.3 is 0 Å². The maximum atomic E-state index is 10.2. The third-order valence-electron chi connectivity index (χ3n) is 2.94. The molecule has 90 valence electrons. The minimum Gasteiger partial charge on any atom is -0.396 e. The van der Waals surface area contributed by atoms with Crippen molar-refractivity contribution in [1.82, 2.24) is 0 Å². The van der Waals surface area contributed by atoms with Gasteiger partial charge in [-0.1, -0.05) is 37.6 Å². The number of hydrogen-bond acceptors (Lipinski definition) is 2. The van der Waals surface area contributed by atoms with Gasteiger partial charge in [0.15, 0.2) is 0 Å². The van der Waals surface area contributed by atoms with Crippen LogP contribution >= 0.6 is 0 Å². The zero-order chi connectivity index (χ0) is 12.0. The molecule has 0 aliphatic rings. The van der Waals surface area contributed by atoms with E-state index in [1.807, 2.05) is 12.1 Å². The summed E-state index contributed by atoms with van der Waals surface area (Å²) < 4.78 is 0. The number of aryl methyl sites for hydroxylation is 1. The van der Waals surface area contributed by atoms with Gasteiger partial charge in [0.1, 0.15) is 0 Å². The second-order valence-corrected chi connectivity index (χ2v) is 4.55. The molecule has 0 aromatic heterocycles. The van der Waals surface area contributed by atoms with E-state index in [9.17, 15) is 5.11 Å². The molecule has 1 aromatic carbocycles. The predicted molar refractivity (Wildman–Crippen MR) is 66.3 cm³/mol. The summed E-state index contributed by atoms with van der Waals surface area (Å²) >= 11 is 0. The zero-order valence-corrected chi connectivity index (χ0v) is 10.2. The molecular formula is C14H22O2. The van der Waals surface area contributed by atoms with Crippen LogP contribution in [0.1, 0.15) is 44.2 Å². The van der Waals surface area contributed by atoms with Gasteiger partial charge in [0.2, 0.25) is 0 Å². The monoisotopic (exact) mass is 222 g/mol. The maximum Gasteiger partial charge on any atom is 0.0869 e. The molecule has 0 saturated carbocycles. The second-order valence-electron chi connectivity index (χ2n) is 4.55. The third kappa shape index (κ3) is 3.62. The highest BCUT2D eigenvalue weighted by molar-refractivity contribution is 5.26. The first-order chi connectivity index (χ1) is 7.60. The molecule has 0 bridgehead atoms. The van der Waals surface area contributed by atoms with E-state index in [-0.39, 0.29) is 6.61 Å². The van der Waals surface area contributed by atoms with Gasteiger partial charge in [-0.15, -0.1) is 0 Å². The summed E-state index contributed by atoms with van der Waals surface area (Å²) in [5, 5.41) is 19.0. The standard InChI is InChI=1S/C14H22O2/c1-3-5-12-6-8-13(9-7-12)14(2,16)10-4-11-15/h6-9,15-16H,3-5,10-11H2,1-2H3. The molecule has 16 heavy (non-hydrogen) atoms. The van der Waals surface area contributed by atoms with Crippen LogP contribution in [0.25, 0.3) is 0 Å². The minimum absolute atomic E-state index is 0.129. The molecule has 0 saturated heterocycles. The summed E-state index contributed by atoms with van der Waals surface area (Å²) in [5.74, 6) is 0. The Bertz CT molecular complexity index is 301. The molecule has 0 fully saturated rings. The minimum atomic E-state index is -0.826. The molecular weight excluding hydrogens is 200 g/mol. The Morgan fingerprint density at radius 2 is 1.81 bits per heavy atom. The molecule has 1 atom stereocenters. The molecule has 0 heterocycles. The fraction of sp³-hybridized carbons (Fsp3) is 0.571. The molecule has 0 aliphatic carbocycles. The van der Waals surface area contributed by atoms with Crippen molar-refractivity contribution in [2.24, 2.45) is 0 Å². The predicted octanol–water partition coefficient (Wildman–Crippen LogP) is 2.62. The number of benzene rings is 1. The summed E-state index contributed by atoms with van der Waals surface area (Å²) in [4.78, 5) is 0. The van der Waals surface area contributed by atoms with Gasteiger partial charge in [-0.05, 0) is 37.3 Å². The van der Waals surface area contributed by atoms with E-state index in [0.717, 1.165) is 18.4 Å². The van der Waals surface area contributed by atoms with Gasteiger partial charge in [-0.3, -0.25) is 0 Å². The van der Waals surface area contributed by atoms with Crippen LogP contribution in [-0.4, -0.2) is 16.8 Å². The summed E-state index contributed by atoms with van der Waals surface area (Å²) in [5.41, 5.74) is 1.41. The highest BCUT2D eigenvalue weighted by atomic mass is 16.3. The molecule has 0 amide bonds. The highest BCUT2D eigenvalue weighted by Gasteiger charge is 2.21. The van der Waals surface area contributed by atoms with Crippen LogP contribution in [0, 0.1) is 0 Å². The van der Waals surface area contributed by atoms with Gasteiger partial charge in [-0.25, -0.2) is 0 Å². The molecule has 1 aromatic rings. The van der Waals surface area contributed by atoms with Crippen molar-refractivity contribution in [3.05, 3.63) is 35.4 Å². The Morgan fingerprint density at radius 3 is 2.31 bits per heavy atom. The van der Waals surface area contributed by atoms with E-state index >= 15 is 0 Å². The fourth-order valence-corrected chi connectivity index (χ4v) is 1.89. The number of aliphatic hydroxyl groups is 2. The third-order valence-corrected chi connectivity index (χ3v) is 2.94. The quantitative estimate of drug-likeness (QED) is 0.776. The molecule has 2 nitrogen and oxygen atoms in total. The van der Waals surface area contributed by atoms with E-state index in [0.29, 0.717) is 12.8 Å². The highest BCUT2D eigenvalue weighted by Crippen LogP contribution is 2.26. The average Bonchev–Trinajstić information content (AvgIpc) is 2.28. The molecule has 1 rings (SSSR count). The Balaban J connectivity index is 2.71. The van der Waals surface area contributed by atoms with Crippen LogP contribution in [0.3, 0.4) is 0 Å². The van der Waals surface area contributed by atoms with Crippen molar-refractivity contribution in [2.75, 3.05) is 6.61 Å². The topological polar surface area (TPSA) is 40.5 Å². The van der Waals surface area contributed by atoms with Crippen LogP contribution < -0.4 is 0 Å². The Hall–Kier alpha value is -0.860. The lowest BCUT2D eigenvalue weighted by Gasteiger charge is -2.23. The first-order valence-corrected chi connectivity index (χ1v) is 6.03. The normalized spacial score (nSPS) is 14.8. The van der Waals surface area contributed by atoms with Crippen molar-refractivity contribution >= 4 is 0 Å². The van der Waals surface area contributed by atoms with Crippen molar-refractivity contribution in [3.63, 3.8) is 0 Å². The van der Waals surface area contributed by atoms with E-state index in [4.69, 9.17) is 5.11 Å².